The van der Waals surface area contributed by atoms with Gasteiger partial charge in [0, 0.05) is 18.0 Å². The Hall–Kier alpha value is -2.14. The summed E-state index contributed by atoms with van der Waals surface area (Å²) in [6.45, 7) is 1.87. The Morgan fingerprint density at radius 2 is 2.05 bits per heavy atom. The number of nitrogens with zero attached hydrogens (tertiary/aromatic N) is 2. The molecule has 2 aromatic rings. The zero-order valence-corrected chi connectivity index (χ0v) is 12.1. The first-order valence-corrected chi connectivity index (χ1v) is 7.31. The van der Waals surface area contributed by atoms with Crippen LogP contribution in [0.5, 0.6) is 0 Å². The Kier molecular flexibility index (Phi) is 5.97. The number of nitrogens with one attached hydrogen (secondary N) is 1. The normalized spacial score (nSPS) is 11.9. The van der Waals surface area contributed by atoms with Gasteiger partial charge >= 0.3 is 0 Å². The minimum atomic E-state index is 0.303. The summed E-state index contributed by atoms with van der Waals surface area (Å²) in [7, 11) is 0. The highest BCUT2D eigenvalue weighted by atomic mass is 16.4. The quantitative estimate of drug-likeness (QED) is 0.228. The van der Waals surface area contributed by atoms with Gasteiger partial charge in [-0.3, -0.25) is 4.98 Å². The molecule has 0 atom stereocenters. The summed E-state index contributed by atoms with van der Waals surface area (Å²) in [5.74, 6) is 0.303. The maximum atomic E-state index is 8.43. The summed E-state index contributed by atoms with van der Waals surface area (Å²) in [6, 6.07) is 10.4. The van der Waals surface area contributed by atoms with Gasteiger partial charge in [-0.1, -0.05) is 29.4 Å². The van der Waals surface area contributed by atoms with Crippen LogP contribution in [-0.2, 0) is 6.42 Å². The topological polar surface area (TPSA) is 83.5 Å². The molecule has 5 nitrogen and oxygen atoms in total. The fourth-order valence-corrected chi connectivity index (χ4v) is 2.32. The molecule has 1 aromatic heterocycles. The van der Waals surface area contributed by atoms with Gasteiger partial charge in [-0.05, 0) is 44.0 Å². The molecule has 21 heavy (non-hydrogen) atoms. The first-order chi connectivity index (χ1) is 10.3. The first-order valence-electron chi connectivity index (χ1n) is 7.31. The third kappa shape index (κ3) is 4.72. The lowest BCUT2D eigenvalue weighted by Crippen LogP contribution is -2.19. The standard InChI is InChI=1S/C16H22N4O/c17-15(20-21)8-1-2-10-18-12-9-14-6-3-5-13-7-4-11-19-16(13)14/h3-7,11,18,21H,1-2,8-10,12H2,(H2,17,20). The number of aromatic nitrogens is 1. The average molecular weight is 286 g/mol. The first kappa shape index (κ1) is 15.3. The Morgan fingerprint density at radius 3 is 2.90 bits per heavy atom. The van der Waals surface area contributed by atoms with Gasteiger partial charge in [0.1, 0.15) is 5.84 Å². The lowest BCUT2D eigenvalue weighted by Gasteiger charge is -2.07. The van der Waals surface area contributed by atoms with Crippen molar-refractivity contribution in [3.8, 4) is 0 Å². The summed E-state index contributed by atoms with van der Waals surface area (Å²) >= 11 is 0. The predicted octanol–water partition coefficient (Wildman–Crippen LogP) is 2.28. The average Bonchev–Trinajstić information content (AvgIpc) is 2.53. The maximum absolute atomic E-state index is 8.43. The van der Waals surface area contributed by atoms with Crippen LogP contribution in [0.2, 0.25) is 0 Å². The molecule has 0 amide bonds. The molecule has 0 spiro atoms. The molecule has 0 radical (unpaired) electrons. The molecule has 0 saturated carbocycles. The van der Waals surface area contributed by atoms with Gasteiger partial charge < -0.3 is 16.3 Å². The van der Waals surface area contributed by atoms with E-state index in [0.29, 0.717) is 12.3 Å². The summed E-state index contributed by atoms with van der Waals surface area (Å²) in [5, 5.41) is 16.0. The molecule has 0 aliphatic heterocycles. The summed E-state index contributed by atoms with van der Waals surface area (Å²) in [5.41, 5.74) is 7.78. The Morgan fingerprint density at radius 1 is 1.19 bits per heavy atom. The lowest BCUT2D eigenvalue weighted by molar-refractivity contribution is 0.316. The predicted molar refractivity (Wildman–Crippen MR) is 85.6 cm³/mol. The second kappa shape index (κ2) is 8.21. The van der Waals surface area contributed by atoms with Crippen LogP contribution in [0.25, 0.3) is 10.9 Å². The second-order valence-corrected chi connectivity index (χ2v) is 5.04. The van der Waals surface area contributed by atoms with E-state index in [9.17, 15) is 0 Å². The van der Waals surface area contributed by atoms with Crippen LogP contribution < -0.4 is 11.1 Å². The van der Waals surface area contributed by atoms with Crippen LogP contribution in [0.4, 0.5) is 0 Å². The van der Waals surface area contributed by atoms with E-state index in [1.165, 1.54) is 10.9 Å². The smallest absolute Gasteiger partial charge is 0.139 e. The van der Waals surface area contributed by atoms with Gasteiger partial charge in [-0.25, -0.2) is 0 Å². The highest BCUT2D eigenvalue weighted by Gasteiger charge is 2.01. The van der Waals surface area contributed by atoms with Gasteiger partial charge in [-0.15, -0.1) is 0 Å². The van der Waals surface area contributed by atoms with Crippen molar-refractivity contribution in [1.82, 2.24) is 10.3 Å². The Bertz CT molecular complexity index is 592. The number of hydrogen-bond acceptors (Lipinski definition) is 4. The molecule has 0 bridgehead atoms. The lowest BCUT2D eigenvalue weighted by atomic mass is 10.1. The third-order valence-electron chi connectivity index (χ3n) is 3.45. The molecule has 1 aromatic carbocycles. The van der Waals surface area contributed by atoms with E-state index < -0.39 is 0 Å². The molecule has 1 heterocycles. The van der Waals surface area contributed by atoms with Crippen molar-refractivity contribution >= 4 is 16.7 Å². The Labute approximate surface area is 124 Å². The number of para-hydroxylation sites is 1. The number of benzene rings is 1. The van der Waals surface area contributed by atoms with Gasteiger partial charge in [0.05, 0.1) is 5.52 Å². The van der Waals surface area contributed by atoms with Crippen molar-refractivity contribution in [3.63, 3.8) is 0 Å². The highest BCUT2D eigenvalue weighted by molar-refractivity contribution is 5.81. The zero-order chi connectivity index (χ0) is 14.9. The number of amidine groups is 1. The van der Waals surface area contributed by atoms with Gasteiger partial charge in [0.2, 0.25) is 0 Å². The molecule has 0 unspecified atom stereocenters. The van der Waals surface area contributed by atoms with Crippen LogP contribution >= 0.6 is 0 Å². The second-order valence-electron chi connectivity index (χ2n) is 5.04. The number of hydrogen-bond donors (Lipinski definition) is 3. The molecule has 0 fully saturated rings. The van der Waals surface area contributed by atoms with E-state index in [1.54, 1.807) is 0 Å². The van der Waals surface area contributed by atoms with E-state index in [0.717, 1.165) is 37.9 Å². The van der Waals surface area contributed by atoms with Crippen LogP contribution in [0, 0.1) is 0 Å². The highest BCUT2D eigenvalue weighted by Crippen LogP contribution is 2.15. The van der Waals surface area contributed by atoms with E-state index >= 15 is 0 Å². The van der Waals surface area contributed by atoms with E-state index in [4.69, 9.17) is 10.9 Å². The van der Waals surface area contributed by atoms with E-state index in [2.05, 4.69) is 39.7 Å². The molecule has 2 rings (SSSR count). The molecular formula is C16H22N4O. The SMILES string of the molecule is N/C(CCCCNCCc1cccc2cccnc12)=N/O. The summed E-state index contributed by atoms with van der Waals surface area (Å²) in [6.07, 6.45) is 5.40. The van der Waals surface area contributed by atoms with Crippen LogP contribution in [0.15, 0.2) is 41.7 Å². The number of oxime groups is 1. The van der Waals surface area contributed by atoms with Crippen molar-refractivity contribution in [2.45, 2.75) is 25.7 Å². The number of unbranched alkanes of at least 4 members (excludes halogenated alkanes) is 1. The molecule has 112 valence electrons. The molecule has 5 heteroatoms. The fraction of sp³-hybridized carbons (Fsp3) is 0.375. The maximum Gasteiger partial charge on any atom is 0.139 e. The monoisotopic (exact) mass is 286 g/mol. The van der Waals surface area contributed by atoms with Crippen molar-refractivity contribution in [2.75, 3.05) is 13.1 Å². The number of fused-ring (bicyclic) bond motifs is 1. The van der Waals surface area contributed by atoms with Gasteiger partial charge in [-0.2, -0.15) is 0 Å². The van der Waals surface area contributed by atoms with Crippen LogP contribution in [0.1, 0.15) is 24.8 Å². The summed E-state index contributed by atoms with van der Waals surface area (Å²) < 4.78 is 0. The molecule has 0 saturated heterocycles. The van der Waals surface area contributed by atoms with Crippen molar-refractivity contribution in [3.05, 3.63) is 42.1 Å². The minimum absolute atomic E-state index is 0.303. The Balaban J connectivity index is 1.71. The van der Waals surface area contributed by atoms with Crippen LogP contribution in [0.3, 0.4) is 0 Å². The summed E-state index contributed by atoms with van der Waals surface area (Å²) in [4.78, 5) is 4.46. The van der Waals surface area contributed by atoms with E-state index in [-0.39, 0.29) is 0 Å². The molecular weight excluding hydrogens is 264 g/mol. The van der Waals surface area contributed by atoms with Crippen molar-refractivity contribution in [2.24, 2.45) is 10.9 Å². The van der Waals surface area contributed by atoms with Gasteiger partial charge in [0.25, 0.3) is 0 Å². The number of nitrogens with two attached hydrogens (primary N) is 1. The van der Waals surface area contributed by atoms with Crippen molar-refractivity contribution in [1.29, 1.82) is 0 Å². The van der Waals surface area contributed by atoms with E-state index in [1.807, 2.05) is 12.3 Å². The molecule has 0 aliphatic carbocycles. The van der Waals surface area contributed by atoms with Gasteiger partial charge in [0.15, 0.2) is 0 Å². The molecule has 0 aliphatic rings. The third-order valence-corrected chi connectivity index (χ3v) is 3.45. The molecule has 4 N–H and O–H groups in total. The number of rotatable bonds is 8. The van der Waals surface area contributed by atoms with Crippen molar-refractivity contribution < 1.29 is 5.21 Å². The van der Waals surface area contributed by atoms with Crippen LogP contribution in [-0.4, -0.2) is 29.1 Å². The zero-order valence-electron chi connectivity index (χ0n) is 12.1. The number of pyridine rings is 1. The fourth-order valence-electron chi connectivity index (χ4n) is 2.32. The largest absolute Gasteiger partial charge is 0.409 e. The minimum Gasteiger partial charge on any atom is -0.409 e.